The number of piperidine rings is 1. The fourth-order valence-electron chi connectivity index (χ4n) is 1.90. The number of likely N-dealkylation sites (tertiary alicyclic amines) is 1. The van der Waals surface area contributed by atoms with Crippen LogP contribution < -0.4 is 5.73 Å². The molecule has 14 heavy (non-hydrogen) atoms. The van der Waals surface area contributed by atoms with Gasteiger partial charge in [0.05, 0.1) is 4.99 Å². The van der Waals surface area contributed by atoms with Crippen LogP contribution in [-0.4, -0.2) is 54.6 Å². The smallest absolute Gasteiger partial charge is 0.0740 e. The van der Waals surface area contributed by atoms with Gasteiger partial charge in [-0.2, -0.15) is 0 Å². The van der Waals surface area contributed by atoms with Crippen LogP contribution in [0.3, 0.4) is 0 Å². The summed E-state index contributed by atoms with van der Waals surface area (Å²) in [6.45, 7) is 3.42. The molecule has 1 aliphatic rings. The summed E-state index contributed by atoms with van der Waals surface area (Å²) >= 11 is 4.88. The molecule has 4 heteroatoms. The van der Waals surface area contributed by atoms with E-state index < -0.39 is 0 Å². The highest BCUT2D eigenvalue weighted by molar-refractivity contribution is 7.80. The average Bonchev–Trinajstić information content (AvgIpc) is 2.15. The maximum absolute atomic E-state index is 5.49. The van der Waals surface area contributed by atoms with E-state index in [2.05, 4.69) is 23.9 Å². The van der Waals surface area contributed by atoms with Gasteiger partial charge in [-0.1, -0.05) is 12.2 Å². The topological polar surface area (TPSA) is 32.5 Å². The highest BCUT2D eigenvalue weighted by atomic mass is 32.1. The molecule has 1 fully saturated rings. The summed E-state index contributed by atoms with van der Waals surface area (Å²) in [5.41, 5.74) is 5.49. The van der Waals surface area contributed by atoms with E-state index in [1.54, 1.807) is 0 Å². The van der Waals surface area contributed by atoms with Gasteiger partial charge in [0.2, 0.25) is 0 Å². The third kappa shape index (κ3) is 3.90. The van der Waals surface area contributed by atoms with Crippen molar-refractivity contribution in [3.63, 3.8) is 0 Å². The van der Waals surface area contributed by atoms with Gasteiger partial charge in [-0.05, 0) is 40.0 Å². The largest absolute Gasteiger partial charge is 0.393 e. The van der Waals surface area contributed by atoms with E-state index >= 15 is 0 Å². The minimum atomic E-state index is 0.629. The van der Waals surface area contributed by atoms with Gasteiger partial charge in [0.1, 0.15) is 0 Å². The molecule has 0 aromatic heterocycles. The summed E-state index contributed by atoms with van der Waals surface area (Å²) in [4.78, 5) is 5.41. The number of hydrogen-bond donors (Lipinski definition) is 1. The van der Waals surface area contributed by atoms with Crippen molar-refractivity contribution < 1.29 is 0 Å². The zero-order chi connectivity index (χ0) is 10.6. The number of hydrogen-bond acceptors (Lipinski definition) is 3. The second-order valence-corrected chi connectivity index (χ2v) is 4.76. The summed E-state index contributed by atoms with van der Waals surface area (Å²) in [5.74, 6) is 0. The van der Waals surface area contributed by atoms with E-state index in [1.165, 1.54) is 25.9 Å². The molecular weight excluding hydrogens is 194 g/mol. The van der Waals surface area contributed by atoms with Crippen molar-refractivity contribution in [3.8, 4) is 0 Å². The standard InChI is InChI=1S/C10H21N3S/c1-12-6-3-9(4-7-12)13(2)8-5-10(11)14/h9H,3-8H2,1-2H3,(H2,11,14). The van der Waals surface area contributed by atoms with Crippen molar-refractivity contribution in [1.82, 2.24) is 9.80 Å². The molecule has 0 saturated carbocycles. The Balaban J connectivity index is 2.23. The van der Waals surface area contributed by atoms with E-state index in [4.69, 9.17) is 18.0 Å². The van der Waals surface area contributed by atoms with Crippen LogP contribution in [-0.2, 0) is 0 Å². The first-order valence-electron chi connectivity index (χ1n) is 5.26. The summed E-state index contributed by atoms with van der Waals surface area (Å²) in [7, 11) is 4.36. The van der Waals surface area contributed by atoms with Crippen LogP contribution >= 0.6 is 12.2 Å². The van der Waals surface area contributed by atoms with Crippen molar-refractivity contribution in [2.45, 2.75) is 25.3 Å². The van der Waals surface area contributed by atoms with Crippen LogP contribution in [0.1, 0.15) is 19.3 Å². The van der Waals surface area contributed by atoms with Crippen LogP contribution in [0.25, 0.3) is 0 Å². The molecule has 0 aliphatic carbocycles. The number of rotatable bonds is 4. The van der Waals surface area contributed by atoms with E-state index in [0.29, 0.717) is 4.99 Å². The lowest BCUT2D eigenvalue weighted by molar-refractivity contribution is 0.147. The van der Waals surface area contributed by atoms with Crippen LogP contribution in [0.4, 0.5) is 0 Å². The Labute approximate surface area is 92.2 Å². The first-order valence-corrected chi connectivity index (χ1v) is 5.67. The van der Waals surface area contributed by atoms with Crippen LogP contribution in [0.15, 0.2) is 0 Å². The maximum atomic E-state index is 5.49. The normalized spacial score (nSPS) is 20.2. The minimum absolute atomic E-state index is 0.629. The van der Waals surface area contributed by atoms with Crippen molar-refractivity contribution in [3.05, 3.63) is 0 Å². The second kappa shape index (κ2) is 5.63. The van der Waals surface area contributed by atoms with Gasteiger partial charge in [0.15, 0.2) is 0 Å². The summed E-state index contributed by atoms with van der Waals surface area (Å²) in [6, 6.07) is 0.723. The molecule has 0 aromatic rings. The molecule has 0 radical (unpaired) electrons. The number of nitrogens with two attached hydrogens (primary N) is 1. The van der Waals surface area contributed by atoms with Gasteiger partial charge in [0, 0.05) is 19.0 Å². The minimum Gasteiger partial charge on any atom is -0.393 e. The second-order valence-electron chi connectivity index (χ2n) is 4.23. The van der Waals surface area contributed by atoms with Crippen molar-refractivity contribution in [2.24, 2.45) is 5.73 Å². The van der Waals surface area contributed by atoms with Gasteiger partial charge in [-0.25, -0.2) is 0 Å². The quantitative estimate of drug-likeness (QED) is 0.699. The molecule has 3 nitrogen and oxygen atoms in total. The van der Waals surface area contributed by atoms with Gasteiger partial charge in [-0.15, -0.1) is 0 Å². The van der Waals surface area contributed by atoms with E-state index in [1.807, 2.05) is 0 Å². The Hall–Kier alpha value is -0.190. The molecule has 0 bridgehead atoms. The monoisotopic (exact) mass is 215 g/mol. The van der Waals surface area contributed by atoms with Crippen molar-refractivity contribution in [2.75, 3.05) is 33.7 Å². The average molecular weight is 215 g/mol. The van der Waals surface area contributed by atoms with Crippen LogP contribution in [0.2, 0.25) is 0 Å². The van der Waals surface area contributed by atoms with Crippen LogP contribution in [0, 0.1) is 0 Å². The third-order valence-electron chi connectivity index (χ3n) is 3.02. The lowest BCUT2D eigenvalue weighted by Gasteiger charge is -2.35. The Morgan fingerprint density at radius 1 is 1.50 bits per heavy atom. The predicted octanol–water partition coefficient (Wildman–Crippen LogP) is 0.689. The summed E-state index contributed by atoms with van der Waals surface area (Å²) in [6.07, 6.45) is 3.38. The highest BCUT2D eigenvalue weighted by Crippen LogP contribution is 2.13. The number of nitrogens with zero attached hydrogens (tertiary/aromatic N) is 2. The first-order chi connectivity index (χ1) is 6.59. The molecule has 0 spiro atoms. The number of thiocarbonyl (C=S) groups is 1. The summed E-state index contributed by atoms with van der Waals surface area (Å²) < 4.78 is 0. The molecule has 2 N–H and O–H groups in total. The molecule has 0 atom stereocenters. The van der Waals surface area contributed by atoms with Gasteiger partial charge in [-0.3, -0.25) is 0 Å². The third-order valence-corrected chi connectivity index (χ3v) is 3.23. The Morgan fingerprint density at radius 2 is 2.07 bits per heavy atom. The van der Waals surface area contributed by atoms with Crippen LogP contribution in [0.5, 0.6) is 0 Å². The fourth-order valence-corrected chi connectivity index (χ4v) is 2.00. The molecule has 1 heterocycles. The molecular formula is C10H21N3S. The Morgan fingerprint density at radius 3 is 2.57 bits per heavy atom. The molecule has 0 unspecified atom stereocenters. The molecule has 1 rings (SSSR count). The van der Waals surface area contributed by atoms with Crippen molar-refractivity contribution in [1.29, 1.82) is 0 Å². The Kier molecular flexibility index (Phi) is 4.78. The maximum Gasteiger partial charge on any atom is 0.0740 e. The fraction of sp³-hybridized carbons (Fsp3) is 0.900. The highest BCUT2D eigenvalue weighted by Gasteiger charge is 2.19. The SMILES string of the molecule is CN1CCC(N(C)CCC(N)=S)CC1. The summed E-state index contributed by atoms with van der Waals surface area (Å²) in [5, 5.41) is 0. The lowest BCUT2D eigenvalue weighted by Crippen LogP contribution is -2.42. The Bertz CT molecular complexity index is 188. The molecule has 1 saturated heterocycles. The first kappa shape index (κ1) is 11.9. The molecule has 1 aliphatic heterocycles. The van der Waals surface area contributed by atoms with Gasteiger partial charge < -0.3 is 15.5 Å². The zero-order valence-electron chi connectivity index (χ0n) is 9.20. The van der Waals surface area contributed by atoms with Crippen molar-refractivity contribution >= 4 is 17.2 Å². The zero-order valence-corrected chi connectivity index (χ0v) is 10.0. The van der Waals surface area contributed by atoms with E-state index in [-0.39, 0.29) is 0 Å². The van der Waals surface area contributed by atoms with Gasteiger partial charge in [0.25, 0.3) is 0 Å². The van der Waals surface area contributed by atoms with E-state index in [9.17, 15) is 0 Å². The molecule has 0 aromatic carbocycles. The molecule has 0 amide bonds. The predicted molar refractivity (Wildman–Crippen MR) is 64.6 cm³/mol. The lowest BCUT2D eigenvalue weighted by atomic mass is 10.0. The van der Waals surface area contributed by atoms with Gasteiger partial charge >= 0.3 is 0 Å². The molecule has 82 valence electrons. The van der Waals surface area contributed by atoms with E-state index in [0.717, 1.165) is 19.0 Å².